The Morgan fingerprint density at radius 1 is 1.20 bits per heavy atom. The predicted octanol–water partition coefficient (Wildman–Crippen LogP) is 1.90. The van der Waals surface area contributed by atoms with Crippen molar-refractivity contribution in [3.05, 3.63) is 47.8 Å². The molecule has 0 atom stereocenters. The molecular weight excluding hydrogens is 320 g/mol. The van der Waals surface area contributed by atoms with Crippen LogP contribution < -0.4 is 5.32 Å². The fraction of sp³-hybridized carbons (Fsp3) is 0.389. The smallest absolute Gasteiger partial charge is 0.276 e. The molecule has 132 valence electrons. The second kappa shape index (κ2) is 6.68. The lowest BCUT2D eigenvalue weighted by atomic mass is 10.1. The average Bonchev–Trinajstić information content (AvgIpc) is 3.05. The monoisotopic (exact) mass is 342 g/mol. The molecule has 0 aliphatic carbocycles. The number of carbonyl (C=O) groups is 2. The zero-order valence-electron chi connectivity index (χ0n) is 14.7. The van der Waals surface area contributed by atoms with Gasteiger partial charge in [-0.3, -0.25) is 14.3 Å². The van der Waals surface area contributed by atoms with Crippen LogP contribution in [0.15, 0.2) is 36.4 Å². The van der Waals surface area contributed by atoms with Crippen LogP contribution in [0.25, 0.3) is 0 Å². The van der Waals surface area contributed by atoms with Crippen LogP contribution in [-0.2, 0) is 22.6 Å². The molecule has 25 heavy (non-hydrogen) atoms. The van der Waals surface area contributed by atoms with Gasteiger partial charge in [0.15, 0.2) is 5.69 Å². The number of ether oxygens (including phenoxy) is 1. The lowest BCUT2D eigenvalue weighted by Gasteiger charge is -2.33. The van der Waals surface area contributed by atoms with Crippen LogP contribution in [0, 0.1) is 0 Å². The molecule has 7 nitrogen and oxygen atoms in total. The van der Waals surface area contributed by atoms with Crippen molar-refractivity contribution in [1.29, 1.82) is 0 Å². The van der Waals surface area contributed by atoms with Crippen LogP contribution in [0.4, 0.5) is 5.69 Å². The molecule has 2 heterocycles. The number of para-hydroxylation sites is 1. The van der Waals surface area contributed by atoms with Crippen LogP contribution in [0.3, 0.4) is 0 Å². The van der Waals surface area contributed by atoms with Gasteiger partial charge < -0.3 is 15.0 Å². The first-order valence-corrected chi connectivity index (χ1v) is 8.18. The van der Waals surface area contributed by atoms with E-state index in [0.717, 1.165) is 11.4 Å². The summed E-state index contributed by atoms with van der Waals surface area (Å²) in [5, 5.41) is 7.18. The zero-order valence-corrected chi connectivity index (χ0v) is 14.7. The highest BCUT2D eigenvalue weighted by Gasteiger charge is 2.34. The quantitative estimate of drug-likeness (QED) is 0.921. The van der Waals surface area contributed by atoms with E-state index in [1.165, 1.54) is 7.11 Å². The number of carbonyl (C=O) groups excluding carboxylic acids is 2. The van der Waals surface area contributed by atoms with Crippen LogP contribution in [0.2, 0.25) is 0 Å². The highest BCUT2D eigenvalue weighted by Crippen LogP contribution is 2.20. The number of amides is 2. The molecule has 7 heteroatoms. The molecule has 2 aromatic rings. The summed E-state index contributed by atoms with van der Waals surface area (Å²) in [6.45, 7) is 5.01. The molecule has 1 aromatic heterocycles. The normalized spacial score (nSPS) is 14.1. The van der Waals surface area contributed by atoms with Gasteiger partial charge in [0, 0.05) is 19.3 Å². The summed E-state index contributed by atoms with van der Waals surface area (Å²) in [7, 11) is 1.53. The van der Waals surface area contributed by atoms with E-state index < -0.39 is 5.60 Å². The van der Waals surface area contributed by atoms with Gasteiger partial charge in [0.05, 0.1) is 18.8 Å². The van der Waals surface area contributed by atoms with Crippen LogP contribution in [0.5, 0.6) is 0 Å². The van der Waals surface area contributed by atoms with E-state index in [1.807, 2.05) is 30.3 Å². The third kappa shape index (κ3) is 3.56. The minimum atomic E-state index is -0.865. The SMILES string of the molecule is COC(C)(C)C(=O)N1CCn2nc(C(=O)Nc3ccccc3)cc2C1. The topological polar surface area (TPSA) is 76.5 Å². The number of rotatable bonds is 4. The van der Waals surface area contributed by atoms with Gasteiger partial charge in [-0.05, 0) is 32.0 Å². The number of benzene rings is 1. The van der Waals surface area contributed by atoms with Crippen molar-refractivity contribution in [2.75, 3.05) is 19.0 Å². The largest absolute Gasteiger partial charge is 0.369 e. The number of nitrogens with one attached hydrogen (secondary N) is 1. The van der Waals surface area contributed by atoms with E-state index in [2.05, 4.69) is 10.4 Å². The van der Waals surface area contributed by atoms with Crippen LogP contribution in [0.1, 0.15) is 30.0 Å². The Hall–Kier alpha value is -2.67. The van der Waals surface area contributed by atoms with Crippen LogP contribution >= 0.6 is 0 Å². The number of methoxy groups -OCH3 is 1. The summed E-state index contributed by atoms with van der Waals surface area (Å²) in [4.78, 5) is 26.6. The van der Waals surface area contributed by atoms with Crippen molar-refractivity contribution in [3.8, 4) is 0 Å². The van der Waals surface area contributed by atoms with E-state index in [0.29, 0.717) is 25.3 Å². The molecule has 1 aliphatic rings. The second-order valence-electron chi connectivity index (χ2n) is 6.51. The number of anilines is 1. The molecule has 0 unspecified atom stereocenters. The first-order valence-electron chi connectivity index (χ1n) is 8.18. The fourth-order valence-electron chi connectivity index (χ4n) is 2.74. The molecule has 1 aliphatic heterocycles. The number of nitrogens with zero attached hydrogens (tertiary/aromatic N) is 3. The van der Waals surface area contributed by atoms with Crippen molar-refractivity contribution >= 4 is 17.5 Å². The van der Waals surface area contributed by atoms with Crippen molar-refractivity contribution < 1.29 is 14.3 Å². The van der Waals surface area contributed by atoms with Crippen molar-refractivity contribution in [2.45, 2.75) is 32.5 Å². The van der Waals surface area contributed by atoms with Crippen LogP contribution in [-0.4, -0.2) is 45.8 Å². The maximum atomic E-state index is 12.5. The molecule has 0 radical (unpaired) electrons. The van der Waals surface area contributed by atoms with Crippen molar-refractivity contribution in [3.63, 3.8) is 0 Å². The first-order chi connectivity index (χ1) is 11.9. The van der Waals surface area contributed by atoms with Gasteiger partial charge in [-0.2, -0.15) is 5.10 Å². The maximum Gasteiger partial charge on any atom is 0.276 e. The van der Waals surface area contributed by atoms with Gasteiger partial charge in [-0.25, -0.2) is 0 Å². The fourth-order valence-corrected chi connectivity index (χ4v) is 2.74. The first kappa shape index (κ1) is 17.2. The molecule has 1 aromatic carbocycles. The van der Waals surface area contributed by atoms with E-state index in [9.17, 15) is 9.59 Å². The van der Waals surface area contributed by atoms with E-state index >= 15 is 0 Å². The van der Waals surface area contributed by atoms with Crippen molar-refractivity contribution in [1.82, 2.24) is 14.7 Å². The Morgan fingerprint density at radius 2 is 1.92 bits per heavy atom. The third-order valence-corrected chi connectivity index (χ3v) is 4.37. The molecular formula is C18H22N4O3. The number of hydrogen-bond donors (Lipinski definition) is 1. The Morgan fingerprint density at radius 3 is 2.60 bits per heavy atom. The van der Waals surface area contributed by atoms with Gasteiger partial charge >= 0.3 is 0 Å². The maximum absolute atomic E-state index is 12.5. The average molecular weight is 342 g/mol. The van der Waals surface area contributed by atoms with E-state index in [1.54, 1.807) is 29.5 Å². The lowest BCUT2D eigenvalue weighted by Crippen LogP contribution is -2.49. The highest BCUT2D eigenvalue weighted by atomic mass is 16.5. The Labute approximate surface area is 146 Å². The van der Waals surface area contributed by atoms with Gasteiger partial charge in [0.1, 0.15) is 5.60 Å². The molecule has 0 saturated carbocycles. The Bertz CT molecular complexity index is 783. The van der Waals surface area contributed by atoms with E-state index in [4.69, 9.17) is 4.74 Å². The minimum Gasteiger partial charge on any atom is -0.369 e. The summed E-state index contributed by atoms with van der Waals surface area (Å²) >= 11 is 0. The second-order valence-corrected chi connectivity index (χ2v) is 6.51. The summed E-state index contributed by atoms with van der Waals surface area (Å²) in [6, 6.07) is 11.0. The summed E-state index contributed by atoms with van der Waals surface area (Å²) < 4.78 is 7.05. The standard InChI is InChI=1S/C18H22N4O3/c1-18(2,25-3)17(24)21-9-10-22-14(12-21)11-15(20-22)16(23)19-13-7-5-4-6-8-13/h4-8,11H,9-10,12H2,1-3H3,(H,19,23). The highest BCUT2D eigenvalue weighted by molar-refractivity contribution is 6.02. The van der Waals surface area contributed by atoms with Gasteiger partial charge in [-0.15, -0.1) is 0 Å². The molecule has 3 rings (SSSR count). The molecule has 2 amide bonds. The van der Waals surface area contributed by atoms with E-state index in [-0.39, 0.29) is 11.8 Å². The Kier molecular flexibility index (Phi) is 4.59. The van der Waals surface area contributed by atoms with Crippen molar-refractivity contribution in [2.24, 2.45) is 0 Å². The molecule has 0 spiro atoms. The summed E-state index contributed by atoms with van der Waals surface area (Å²) in [5.74, 6) is -0.332. The third-order valence-electron chi connectivity index (χ3n) is 4.37. The minimum absolute atomic E-state index is 0.0715. The molecule has 0 saturated heterocycles. The molecule has 0 fully saturated rings. The van der Waals surface area contributed by atoms with Gasteiger partial charge in [0.2, 0.25) is 0 Å². The number of hydrogen-bond acceptors (Lipinski definition) is 4. The zero-order chi connectivity index (χ0) is 18.0. The van der Waals surface area contributed by atoms with Gasteiger partial charge in [0.25, 0.3) is 11.8 Å². The molecule has 1 N–H and O–H groups in total. The summed E-state index contributed by atoms with van der Waals surface area (Å²) in [6.07, 6.45) is 0. The lowest BCUT2D eigenvalue weighted by molar-refractivity contribution is -0.152. The van der Waals surface area contributed by atoms with Gasteiger partial charge in [-0.1, -0.05) is 18.2 Å². The number of aromatic nitrogens is 2. The molecule has 0 bridgehead atoms. The summed E-state index contributed by atoms with van der Waals surface area (Å²) in [5.41, 5.74) is 1.04. The predicted molar refractivity (Wildman–Crippen MR) is 93.1 cm³/mol. The Balaban J connectivity index is 1.73. The number of fused-ring (bicyclic) bond motifs is 1.